The molecule has 11 aromatic rings. The van der Waals surface area contributed by atoms with Crippen molar-refractivity contribution in [2.75, 3.05) is 4.90 Å². The third-order valence-electron chi connectivity index (χ3n) is 12.8. The highest BCUT2D eigenvalue weighted by molar-refractivity contribution is 7.26. The molecule has 284 valence electrons. The summed E-state index contributed by atoms with van der Waals surface area (Å²) >= 11 is 1.87. The molecule has 0 amide bonds. The molecule has 3 heteroatoms. The van der Waals surface area contributed by atoms with Crippen molar-refractivity contribution in [2.45, 2.75) is 19.3 Å². The van der Waals surface area contributed by atoms with Crippen LogP contribution in [0.5, 0.6) is 0 Å². The number of fused-ring (bicyclic) bond motifs is 9. The normalized spacial score (nSPS) is 13.0. The first-order valence-electron chi connectivity index (χ1n) is 20.8. The van der Waals surface area contributed by atoms with Crippen LogP contribution in [0.25, 0.3) is 81.0 Å². The van der Waals surface area contributed by atoms with Gasteiger partial charge in [-0.15, -0.1) is 11.3 Å². The summed E-state index contributed by atoms with van der Waals surface area (Å²) in [6.45, 7) is 4.72. The van der Waals surface area contributed by atoms with Gasteiger partial charge in [0.25, 0.3) is 0 Å². The van der Waals surface area contributed by atoms with Crippen LogP contribution in [0.2, 0.25) is 0 Å². The Hall–Kier alpha value is -7.20. The molecule has 0 N–H and O–H groups in total. The monoisotopic (exact) mass is 784 g/mol. The largest absolute Gasteiger partial charge is 0.308 e. The van der Waals surface area contributed by atoms with Crippen LogP contribution in [0.4, 0.5) is 17.1 Å². The van der Waals surface area contributed by atoms with E-state index < -0.39 is 0 Å². The Bertz CT molecular complexity index is 3450. The third-order valence-corrected chi connectivity index (χ3v) is 13.9. The zero-order valence-electron chi connectivity index (χ0n) is 33.4. The van der Waals surface area contributed by atoms with Gasteiger partial charge in [0.1, 0.15) is 0 Å². The predicted octanol–water partition coefficient (Wildman–Crippen LogP) is 16.3. The van der Waals surface area contributed by atoms with E-state index in [1.54, 1.807) is 0 Å². The fourth-order valence-corrected chi connectivity index (χ4v) is 11.2. The fourth-order valence-electron chi connectivity index (χ4n) is 10.0. The first kappa shape index (κ1) is 34.8. The number of rotatable bonds is 6. The molecule has 2 aromatic heterocycles. The predicted molar refractivity (Wildman–Crippen MR) is 257 cm³/mol. The van der Waals surface area contributed by atoms with Gasteiger partial charge >= 0.3 is 0 Å². The Labute approximate surface area is 353 Å². The van der Waals surface area contributed by atoms with Crippen molar-refractivity contribution in [3.63, 3.8) is 0 Å². The van der Waals surface area contributed by atoms with E-state index in [2.05, 4.69) is 230 Å². The third kappa shape index (κ3) is 5.19. The Morgan fingerprint density at radius 3 is 1.87 bits per heavy atom. The van der Waals surface area contributed by atoms with Crippen LogP contribution < -0.4 is 4.90 Å². The topological polar surface area (TPSA) is 8.17 Å². The quantitative estimate of drug-likeness (QED) is 0.163. The van der Waals surface area contributed by atoms with Crippen LogP contribution in [0.1, 0.15) is 25.0 Å². The lowest BCUT2D eigenvalue weighted by Gasteiger charge is -2.29. The minimum atomic E-state index is -0.0943. The Balaban J connectivity index is 1.24. The summed E-state index contributed by atoms with van der Waals surface area (Å²) in [4.78, 5) is 2.55. The van der Waals surface area contributed by atoms with E-state index in [0.29, 0.717) is 0 Å². The molecule has 0 aliphatic heterocycles. The molecule has 12 rings (SSSR count). The molecule has 9 aromatic carbocycles. The first-order valence-corrected chi connectivity index (χ1v) is 21.6. The smallest absolute Gasteiger partial charge is 0.0782 e. The second kappa shape index (κ2) is 13.4. The summed E-state index contributed by atoms with van der Waals surface area (Å²) in [6.07, 6.45) is 0. The molecule has 0 atom stereocenters. The second-order valence-electron chi connectivity index (χ2n) is 16.5. The van der Waals surface area contributed by atoms with E-state index in [1.165, 1.54) is 92.2 Å². The van der Waals surface area contributed by atoms with Gasteiger partial charge < -0.3 is 9.47 Å². The maximum Gasteiger partial charge on any atom is 0.0782 e. The molecule has 0 unspecified atom stereocenters. The summed E-state index contributed by atoms with van der Waals surface area (Å²) in [7, 11) is 0. The van der Waals surface area contributed by atoms with Gasteiger partial charge in [0.2, 0.25) is 0 Å². The van der Waals surface area contributed by atoms with Crippen LogP contribution in [-0.4, -0.2) is 4.57 Å². The van der Waals surface area contributed by atoms with Crippen LogP contribution in [0.15, 0.2) is 206 Å². The summed E-state index contributed by atoms with van der Waals surface area (Å²) in [6, 6.07) is 76.2. The number of aromatic nitrogens is 1. The summed E-state index contributed by atoms with van der Waals surface area (Å²) in [5, 5.41) is 4.98. The number of benzene rings is 9. The van der Waals surface area contributed by atoms with Gasteiger partial charge in [-0.25, -0.2) is 0 Å². The van der Waals surface area contributed by atoms with E-state index in [4.69, 9.17) is 0 Å². The van der Waals surface area contributed by atoms with Gasteiger partial charge in [-0.1, -0.05) is 159 Å². The Morgan fingerprint density at radius 2 is 1.05 bits per heavy atom. The Kier molecular flexibility index (Phi) is 7.79. The van der Waals surface area contributed by atoms with E-state index in [-0.39, 0.29) is 5.41 Å². The van der Waals surface area contributed by atoms with Gasteiger partial charge in [-0.05, 0) is 99.6 Å². The number of nitrogens with zero attached hydrogens (tertiary/aromatic N) is 2. The van der Waals surface area contributed by atoms with Gasteiger partial charge in [-0.2, -0.15) is 0 Å². The molecule has 2 nitrogen and oxygen atoms in total. The van der Waals surface area contributed by atoms with E-state index >= 15 is 0 Å². The molecule has 1 aliphatic carbocycles. The number of para-hydroxylation sites is 2. The molecule has 0 bridgehead atoms. The van der Waals surface area contributed by atoms with E-state index in [1.807, 2.05) is 11.3 Å². The molecule has 0 saturated heterocycles. The molecule has 2 heterocycles. The zero-order chi connectivity index (χ0) is 40.0. The van der Waals surface area contributed by atoms with Crippen LogP contribution in [0, 0.1) is 0 Å². The summed E-state index contributed by atoms with van der Waals surface area (Å²) in [5.41, 5.74) is 17.0. The molecular weight excluding hydrogens is 745 g/mol. The maximum atomic E-state index is 2.55. The fraction of sp³-hybridized carbons (Fsp3) is 0.0526. The molecule has 1 aliphatic rings. The van der Waals surface area contributed by atoms with Crippen LogP contribution in [-0.2, 0) is 5.41 Å². The van der Waals surface area contributed by atoms with E-state index in [0.717, 1.165) is 17.1 Å². The van der Waals surface area contributed by atoms with Crippen molar-refractivity contribution < 1.29 is 0 Å². The van der Waals surface area contributed by atoms with Gasteiger partial charge in [-0.3, -0.25) is 0 Å². The lowest BCUT2D eigenvalue weighted by atomic mass is 9.82. The van der Waals surface area contributed by atoms with E-state index in [9.17, 15) is 0 Å². The van der Waals surface area contributed by atoms with Crippen molar-refractivity contribution in [1.29, 1.82) is 0 Å². The van der Waals surface area contributed by atoms with Crippen molar-refractivity contribution in [3.05, 3.63) is 217 Å². The molecular formula is C57H40N2S. The highest BCUT2D eigenvalue weighted by atomic mass is 32.1. The highest BCUT2D eigenvalue weighted by Crippen LogP contribution is 2.53. The standard InChI is InChI=1S/C57H40N2S/c1-57(2)48-27-14-12-24-42(48)46-36-41(32-33-49(46)57)58(50-28-17-31-53-54(50)44-25-13-15-30-52(44)60-53)51-29-16-26-43-47-35-39(37-18-6-3-7-19-37)34-45(38-20-8-4-9-21-38)55(47)59(56(43)51)40-22-10-5-11-23-40/h3-36H,1-2H3. The molecule has 0 saturated carbocycles. The minimum absolute atomic E-state index is 0.0943. The second-order valence-corrected chi connectivity index (χ2v) is 17.6. The molecule has 0 radical (unpaired) electrons. The highest BCUT2D eigenvalue weighted by Gasteiger charge is 2.36. The van der Waals surface area contributed by atoms with Crippen LogP contribution >= 0.6 is 11.3 Å². The maximum absolute atomic E-state index is 2.55. The van der Waals surface area contributed by atoms with Crippen LogP contribution in [0.3, 0.4) is 0 Å². The lowest BCUT2D eigenvalue weighted by molar-refractivity contribution is 0.660. The van der Waals surface area contributed by atoms with Gasteiger partial charge in [0.05, 0.1) is 22.4 Å². The van der Waals surface area contributed by atoms with Crippen molar-refractivity contribution >= 4 is 70.4 Å². The average molecular weight is 785 g/mol. The number of hydrogen-bond donors (Lipinski definition) is 0. The van der Waals surface area contributed by atoms with Crippen molar-refractivity contribution in [2.24, 2.45) is 0 Å². The SMILES string of the molecule is CC1(C)c2ccccc2-c2cc(N(c3cccc4sc5ccccc5c34)c3cccc4c5cc(-c6ccccc6)cc(-c6ccccc6)c5n(-c5ccccc5)c34)ccc21. The Morgan fingerprint density at radius 1 is 0.417 bits per heavy atom. The number of hydrogen-bond acceptors (Lipinski definition) is 2. The lowest BCUT2D eigenvalue weighted by Crippen LogP contribution is -2.15. The average Bonchev–Trinajstić information content (AvgIpc) is 3.93. The first-order chi connectivity index (χ1) is 29.5. The van der Waals surface area contributed by atoms with Crippen molar-refractivity contribution in [1.82, 2.24) is 4.57 Å². The zero-order valence-corrected chi connectivity index (χ0v) is 34.2. The number of thiophene rings is 1. The van der Waals surface area contributed by atoms with Gasteiger partial charge in [0, 0.05) is 53.3 Å². The minimum Gasteiger partial charge on any atom is -0.308 e. The summed E-state index contributed by atoms with van der Waals surface area (Å²) in [5.74, 6) is 0. The number of anilines is 3. The summed E-state index contributed by atoms with van der Waals surface area (Å²) < 4.78 is 5.10. The molecule has 0 fully saturated rings. The molecule has 60 heavy (non-hydrogen) atoms. The molecule has 0 spiro atoms. The van der Waals surface area contributed by atoms with Gasteiger partial charge in [0.15, 0.2) is 0 Å². The van der Waals surface area contributed by atoms with Crippen molar-refractivity contribution in [3.8, 4) is 39.1 Å².